The lowest BCUT2D eigenvalue weighted by atomic mass is 10.2. The van der Waals surface area contributed by atoms with Crippen LogP contribution in [-0.4, -0.2) is 47.1 Å². The molecule has 0 aromatic heterocycles. The normalized spacial score (nSPS) is 31.4. The molecule has 13 heavy (non-hydrogen) atoms. The Kier molecular flexibility index (Phi) is 1.95. The molecule has 5 nitrogen and oxygen atoms in total. The lowest BCUT2D eigenvalue weighted by Gasteiger charge is -2.26. The van der Waals surface area contributed by atoms with Crippen molar-refractivity contribution >= 4 is 11.9 Å². The summed E-state index contributed by atoms with van der Waals surface area (Å²) in [6.07, 6.45) is 0.896. The lowest BCUT2D eigenvalue weighted by Crippen LogP contribution is -2.48. The molecule has 2 rings (SSSR count). The number of piperazine rings is 1. The van der Waals surface area contributed by atoms with Gasteiger partial charge in [-0.3, -0.25) is 9.59 Å². The average Bonchev–Trinajstić information content (AvgIpc) is 2.61. The summed E-state index contributed by atoms with van der Waals surface area (Å²) in [5.41, 5.74) is 0. The molecule has 2 saturated heterocycles. The van der Waals surface area contributed by atoms with Crippen LogP contribution in [0.15, 0.2) is 0 Å². The second-order valence-electron chi connectivity index (χ2n) is 3.53. The molecular weight excluding hydrogens is 172 g/mol. The van der Waals surface area contributed by atoms with Crippen LogP contribution in [0.4, 0.5) is 0 Å². The minimum Gasteiger partial charge on any atom is -0.481 e. The number of amides is 1. The molecular formula is C8H12N2O3. The molecule has 2 heterocycles. The fraction of sp³-hybridized carbons (Fsp3) is 0.750. The maximum atomic E-state index is 11.4. The van der Waals surface area contributed by atoms with Crippen LogP contribution in [0.25, 0.3) is 0 Å². The van der Waals surface area contributed by atoms with Crippen molar-refractivity contribution in [2.45, 2.75) is 24.9 Å². The molecule has 0 radical (unpaired) electrons. The van der Waals surface area contributed by atoms with Crippen molar-refractivity contribution in [3.63, 3.8) is 0 Å². The molecule has 0 aliphatic carbocycles. The molecule has 72 valence electrons. The van der Waals surface area contributed by atoms with Crippen molar-refractivity contribution in [3.8, 4) is 0 Å². The highest BCUT2D eigenvalue weighted by atomic mass is 16.4. The number of carbonyl (C=O) groups is 2. The summed E-state index contributed by atoms with van der Waals surface area (Å²) in [4.78, 5) is 23.5. The van der Waals surface area contributed by atoms with Gasteiger partial charge in [-0.15, -0.1) is 0 Å². The van der Waals surface area contributed by atoms with Gasteiger partial charge in [-0.25, -0.2) is 0 Å². The van der Waals surface area contributed by atoms with Crippen molar-refractivity contribution in [2.75, 3.05) is 13.1 Å². The topological polar surface area (TPSA) is 69.6 Å². The molecule has 2 aliphatic heterocycles. The Morgan fingerprint density at radius 1 is 1.69 bits per heavy atom. The molecule has 5 heteroatoms. The number of carboxylic acids is 1. The van der Waals surface area contributed by atoms with E-state index in [4.69, 9.17) is 5.11 Å². The highest BCUT2D eigenvalue weighted by molar-refractivity contribution is 5.86. The van der Waals surface area contributed by atoms with Gasteiger partial charge in [0.15, 0.2) is 0 Å². The van der Waals surface area contributed by atoms with Crippen molar-refractivity contribution in [2.24, 2.45) is 0 Å². The van der Waals surface area contributed by atoms with Crippen molar-refractivity contribution < 1.29 is 14.7 Å². The van der Waals surface area contributed by atoms with Gasteiger partial charge < -0.3 is 15.3 Å². The van der Waals surface area contributed by atoms with Gasteiger partial charge in [0.2, 0.25) is 5.91 Å². The van der Waals surface area contributed by atoms with Gasteiger partial charge in [-0.2, -0.15) is 0 Å². The first-order valence-corrected chi connectivity index (χ1v) is 4.44. The van der Waals surface area contributed by atoms with E-state index in [1.165, 1.54) is 0 Å². The van der Waals surface area contributed by atoms with Crippen LogP contribution in [0.3, 0.4) is 0 Å². The minimum atomic E-state index is -0.844. The fourth-order valence-electron chi connectivity index (χ4n) is 2.03. The minimum absolute atomic E-state index is 0.0428. The smallest absolute Gasteiger partial charge is 0.305 e. The van der Waals surface area contributed by atoms with Crippen LogP contribution in [0.1, 0.15) is 12.8 Å². The molecule has 2 bridgehead atoms. The molecule has 2 fully saturated rings. The highest BCUT2D eigenvalue weighted by Crippen LogP contribution is 2.24. The van der Waals surface area contributed by atoms with E-state index < -0.39 is 5.97 Å². The van der Waals surface area contributed by atoms with Crippen LogP contribution < -0.4 is 5.32 Å². The molecule has 2 atom stereocenters. The summed E-state index contributed by atoms with van der Waals surface area (Å²) in [5.74, 6) is -0.777. The first-order chi connectivity index (χ1) is 6.18. The molecule has 0 aromatic rings. The standard InChI is InChI=1S/C8H12N2O3/c11-7(12)1-2-10-5-3-6(8(10)13)9-4-5/h5-6,9H,1-4H2,(H,11,12). The van der Waals surface area contributed by atoms with Gasteiger partial charge in [0.25, 0.3) is 0 Å². The Morgan fingerprint density at radius 3 is 3.00 bits per heavy atom. The summed E-state index contributed by atoms with van der Waals surface area (Å²) < 4.78 is 0. The van der Waals surface area contributed by atoms with Gasteiger partial charge in [0.05, 0.1) is 12.5 Å². The van der Waals surface area contributed by atoms with E-state index in [0.29, 0.717) is 6.54 Å². The van der Waals surface area contributed by atoms with Crippen LogP contribution in [-0.2, 0) is 9.59 Å². The van der Waals surface area contributed by atoms with E-state index in [1.54, 1.807) is 4.90 Å². The molecule has 2 unspecified atom stereocenters. The number of hydrogen-bond donors (Lipinski definition) is 2. The molecule has 0 spiro atoms. The third-order valence-corrected chi connectivity index (χ3v) is 2.70. The van der Waals surface area contributed by atoms with Crippen molar-refractivity contribution in [1.29, 1.82) is 0 Å². The zero-order chi connectivity index (χ0) is 9.42. The van der Waals surface area contributed by atoms with E-state index in [-0.39, 0.29) is 24.4 Å². The average molecular weight is 184 g/mol. The number of carboxylic acid groups (broad SMARTS) is 1. The number of carbonyl (C=O) groups excluding carboxylic acids is 1. The lowest BCUT2D eigenvalue weighted by molar-refractivity contribution is -0.138. The summed E-state index contributed by atoms with van der Waals surface area (Å²) in [6.45, 7) is 1.17. The quantitative estimate of drug-likeness (QED) is 0.592. The van der Waals surface area contributed by atoms with Crippen LogP contribution >= 0.6 is 0 Å². The van der Waals surface area contributed by atoms with E-state index in [9.17, 15) is 9.59 Å². The third-order valence-electron chi connectivity index (χ3n) is 2.70. The third kappa shape index (κ3) is 1.39. The Morgan fingerprint density at radius 2 is 2.46 bits per heavy atom. The predicted molar refractivity (Wildman–Crippen MR) is 44.2 cm³/mol. The number of nitrogens with zero attached hydrogens (tertiary/aromatic N) is 1. The zero-order valence-corrected chi connectivity index (χ0v) is 7.19. The Balaban J connectivity index is 1.93. The van der Waals surface area contributed by atoms with Crippen LogP contribution in [0.5, 0.6) is 0 Å². The predicted octanol–water partition coefficient (Wildman–Crippen LogP) is -0.966. The van der Waals surface area contributed by atoms with Gasteiger partial charge in [-0.1, -0.05) is 0 Å². The molecule has 0 saturated carbocycles. The molecule has 2 N–H and O–H groups in total. The largest absolute Gasteiger partial charge is 0.481 e. The number of likely N-dealkylation sites (tertiary alicyclic amines) is 1. The van der Waals surface area contributed by atoms with Gasteiger partial charge in [-0.05, 0) is 6.42 Å². The van der Waals surface area contributed by atoms with Gasteiger partial charge in [0, 0.05) is 19.1 Å². The fourth-order valence-corrected chi connectivity index (χ4v) is 2.03. The number of hydrogen-bond acceptors (Lipinski definition) is 3. The highest BCUT2D eigenvalue weighted by Gasteiger charge is 2.44. The number of fused-ring (bicyclic) bond motifs is 2. The molecule has 0 aromatic carbocycles. The second kappa shape index (κ2) is 2.99. The van der Waals surface area contributed by atoms with Gasteiger partial charge in [0.1, 0.15) is 0 Å². The van der Waals surface area contributed by atoms with E-state index >= 15 is 0 Å². The van der Waals surface area contributed by atoms with E-state index in [2.05, 4.69) is 5.32 Å². The van der Waals surface area contributed by atoms with Gasteiger partial charge >= 0.3 is 5.97 Å². The number of rotatable bonds is 3. The second-order valence-corrected chi connectivity index (χ2v) is 3.53. The first-order valence-electron chi connectivity index (χ1n) is 4.44. The zero-order valence-electron chi connectivity index (χ0n) is 7.19. The maximum Gasteiger partial charge on any atom is 0.305 e. The van der Waals surface area contributed by atoms with Crippen molar-refractivity contribution in [3.05, 3.63) is 0 Å². The summed E-state index contributed by atoms with van der Waals surface area (Å²) >= 11 is 0. The maximum absolute atomic E-state index is 11.4. The van der Waals surface area contributed by atoms with Crippen LogP contribution in [0, 0.1) is 0 Å². The Labute approximate surface area is 75.7 Å². The van der Waals surface area contributed by atoms with Crippen LogP contribution in [0.2, 0.25) is 0 Å². The summed E-state index contributed by atoms with van der Waals surface area (Å²) in [6, 6.07) is 0.190. The Bertz CT molecular complexity index is 254. The molecule has 1 amide bonds. The molecule has 2 aliphatic rings. The van der Waals surface area contributed by atoms with E-state index in [0.717, 1.165) is 13.0 Å². The first kappa shape index (κ1) is 8.50. The number of aliphatic carboxylic acids is 1. The SMILES string of the molecule is O=C(O)CCN1C(=O)C2CC1CN2. The van der Waals surface area contributed by atoms with Crippen molar-refractivity contribution in [1.82, 2.24) is 10.2 Å². The number of nitrogens with one attached hydrogen (secondary N) is 1. The monoisotopic (exact) mass is 184 g/mol. The Hall–Kier alpha value is -1.10. The summed E-state index contributed by atoms with van der Waals surface area (Å²) in [5, 5.41) is 11.6. The summed E-state index contributed by atoms with van der Waals surface area (Å²) in [7, 11) is 0. The van der Waals surface area contributed by atoms with E-state index in [1.807, 2.05) is 0 Å².